The second kappa shape index (κ2) is 3.52. The van der Waals surface area contributed by atoms with Gasteiger partial charge < -0.3 is 15.5 Å². The van der Waals surface area contributed by atoms with Gasteiger partial charge in [-0.05, 0) is 12.1 Å². The van der Waals surface area contributed by atoms with Crippen LogP contribution in [0.25, 0.3) is 10.9 Å². The number of methoxy groups -OCH3 is 1. The third-order valence-electron chi connectivity index (χ3n) is 2.26. The van der Waals surface area contributed by atoms with Crippen LogP contribution in [-0.2, 0) is 6.54 Å². The first-order chi connectivity index (χ1) is 6.77. The summed E-state index contributed by atoms with van der Waals surface area (Å²) in [5, 5.41) is 1.56. The van der Waals surface area contributed by atoms with Crippen LogP contribution in [0.3, 0.4) is 0 Å². The molecule has 0 saturated heterocycles. The lowest BCUT2D eigenvalue weighted by Crippen LogP contribution is -1.96. The molecular formula is C10H11ClN2O. The number of halogens is 1. The number of hydrogen-bond donors (Lipinski definition) is 2. The Morgan fingerprint density at radius 1 is 1.50 bits per heavy atom. The summed E-state index contributed by atoms with van der Waals surface area (Å²) in [7, 11) is 1.63. The molecule has 74 valence electrons. The molecule has 0 radical (unpaired) electrons. The lowest BCUT2D eigenvalue weighted by Gasteiger charge is -2.02. The molecule has 2 aromatic rings. The van der Waals surface area contributed by atoms with E-state index in [0.29, 0.717) is 11.7 Å². The summed E-state index contributed by atoms with van der Waals surface area (Å²) in [6, 6.07) is 5.75. The molecule has 1 aromatic carbocycles. The standard InChI is InChI=1S/C10H11ClN2O/c1-14-8-4-2-3-7-9(8)6(5-12)10(11)13-7/h2-4,13H,5,12H2,1H3. The number of aromatic nitrogens is 1. The number of hydrogen-bond acceptors (Lipinski definition) is 2. The molecule has 3 N–H and O–H groups in total. The Kier molecular flexibility index (Phi) is 2.35. The second-order valence-corrected chi connectivity index (χ2v) is 3.38. The quantitative estimate of drug-likeness (QED) is 0.799. The fourth-order valence-corrected chi connectivity index (χ4v) is 1.89. The van der Waals surface area contributed by atoms with Gasteiger partial charge in [-0.3, -0.25) is 0 Å². The maximum atomic E-state index is 6.01. The molecule has 0 amide bonds. The molecule has 0 fully saturated rings. The Hall–Kier alpha value is -1.19. The fourth-order valence-electron chi connectivity index (χ4n) is 1.61. The summed E-state index contributed by atoms with van der Waals surface area (Å²) in [4.78, 5) is 3.06. The van der Waals surface area contributed by atoms with E-state index in [-0.39, 0.29) is 0 Å². The highest BCUT2D eigenvalue weighted by Gasteiger charge is 2.11. The zero-order valence-corrected chi connectivity index (χ0v) is 8.56. The number of nitrogens with two attached hydrogens (primary N) is 1. The van der Waals surface area contributed by atoms with E-state index in [1.165, 1.54) is 0 Å². The van der Waals surface area contributed by atoms with Gasteiger partial charge in [-0.1, -0.05) is 17.7 Å². The maximum absolute atomic E-state index is 6.01. The van der Waals surface area contributed by atoms with Gasteiger partial charge in [0.25, 0.3) is 0 Å². The zero-order chi connectivity index (χ0) is 10.1. The van der Waals surface area contributed by atoms with Gasteiger partial charge in [-0.25, -0.2) is 0 Å². The van der Waals surface area contributed by atoms with Gasteiger partial charge in [-0.15, -0.1) is 0 Å². The number of fused-ring (bicyclic) bond motifs is 1. The Labute approximate surface area is 86.8 Å². The Balaban J connectivity index is 2.82. The van der Waals surface area contributed by atoms with Crippen molar-refractivity contribution in [2.75, 3.05) is 7.11 Å². The van der Waals surface area contributed by atoms with Crippen LogP contribution in [0.1, 0.15) is 5.56 Å². The number of ether oxygens (including phenoxy) is 1. The summed E-state index contributed by atoms with van der Waals surface area (Å²) in [6.07, 6.45) is 0. The van der Waals surface area contributed by atoms with Gasteiger partial charge in [0.1, 0.15) is 10.9 Å². The lowest BCUT2D eigenvalue weighted by atomic mass is 10.1. The van der Waals surface area contributed by atoms with Gasteiger partial charge in [0.15, 0.2) is 0 Å². The summed E-state index contributed by atoms with van der Waals surface area (Å²) in [5.41, 5.74) is 7.48. The Morgan fingerprint density at radius 3 is 2.93 bits per heavy atom. The molecule has 0 unspecified atom stereocenters. The van der Waals surface area contributed by atoms with Gasteiger partial charge in [0.05, 0.1) is 12.6 Å². The highest BCUT2D eigenvalue weighted by atomic mass is 35.5. The van der Waals surface area contributed by atoms with E-state index in [2.05, 4.69) is 4.98 Å². The van der Waals surface area contributed by atoms with Crippen molar-refractivity contribution < 1.29 is 4.74 Å². The largest absolute Gasteiger partial charge is 0.496 e. The van der Waals surface area contributed by atoms with Crippen molar-refractivity contribution in [2.45, 2.75) is 6.54 Å². The molecule has 0 spiro atoms. The third kappa shape index (κ3) is 1.25. The molecule has 1 aromatic heterocycles. The van der Waals surface area contributed by atoms with E-state index < -0.39 is 0 Å². The first kappa shape index (κ1) is 9.37. The zero-order valence-electron chi connectivity index (χ0n) is 7.80. The summed E-state index contributed by atoms with van der Waals surface area (Å²) in [6.45, 7) is 0.402. The smallest absolute Gasteiger partial charge is 0.128 e. The minimum Gasteiger partial charge on any atom is -0.496 e. The molecular weight excluding hydrogens is 200 g/mol. The van der Waals surface area contributed by atoms with Crippen LogP contribution in [0.5, 0.6) is 5.75 Å². The van der Waals surface area contributed by atoms with Gasteiger partial charge in [0, 0.05) is 17.5 Å². The molecule has 2 rings (SSSR count). The highest BCUT2D eigenvalue weighted by Crippen LogP contribution is 2.32. The van der Waals surface area contributed by atoms with Crippen molar-refractivity contribution in [3.05, 3.63) is 28.9 Å². The van der Waals surface area contributed by atoms with Crippen LogP contribution in [0.15, 0.2) is 18.2 Å². The fraction of sp³-hybridized carbons (Fsp3) is 0.200. The van der Waals surface area contributed by atoms with E-state index >= 15 is 0 Å². The van der Waals surface area contributed by atoms with Gasteiger partial charge in [0.2, 0.25) is 0 Å². The number of nitrogens with one attached hydrogen (secondary N) is 1. The predicted octanol–water partition coefficient (Wildman–Crippen LogP) is 2.29. The van der Waals surface area contributed by atoms with Crippen molar-refractivity contribution in [3.63, 3.8) is 0 Å². The molecule has 1 heterocycles. The van der Waals surface area contributed by atoms with Gasteiger partial charge >= 0.3 is 0 Å². The number of H-pyrrole nitrogens is 1. The van der Waals surface area contributed by atoms with Crippen LogP contribution in [-0.4, -0.2) is 12.1 Å². The van der Waals surface area contributed by atoms with E-state index in [4.69, 9.17) is 22.1 Å². The van der Waals surface area contributed by atoms with Crippen LogP contribution >= 0.6 is 11.6 Å². The average Bonchev–Trinajstić information content (AvgIpc) is 2.52. The first-order valence-electron chi connectivity index (χ1n) is 4.31. The van der Waals surface area contributed by atoms with Crippen molar-refractivity contribution in [2.24, 2.45) is 5.73 Å². The minimum atomic E-state index is 0.402. The predicted molar refractivity (Wildman–Crippen MR) is 57.8 cm³/mol. The summed E-state index contributed by atoms with van der Waals surface area (Å²) >= 11 is 6.01. The third-order valence-corrected chi connectivity index (χ3v) is 2.58. The second-order valence-electron chi connectivity index (χ2n) is 3.00. The molecule has 3 nitrogen and oxygen atoms in total. The number of aromatic amines is 1. The van der Waals surface area contributed by atoms with Crippen molar-refractivity contribution in [1.82, 2.24) is 4.98 Å². The van der Waals surface area contributed by atoms with Crippen molar-refractivity contribution in [1.29, 1.82) is 0 Å². The molecule has 0 saturated carbocycles. The minimum absolute atomic E-state index is 0.402. The first-order valence-corrected chi connectivity index (χ1v) is 4.69. The normalized spacial score (nSPS) is 10.8. The van der Waals surface area contributed by atoms with Gasteiger partial charge in [-0.2, -0.15) is 0 Å². The molecule has 0 aliphatic carbocycles. The maximum Gasteiger partial charge on any atom is 0.128 e. The average molecular weight is 211 g/mol. The van der Waals surface area contributed by atoms with Crippen molar-refractivity contribution in [3.8, 4) is 5.75 Å². The molecule has 0 aliphatic rings. The molecule has 0 atom stereocenters. The van der Waals surface area contributed by atoms with Crippen LogP contribution < -0.4 is 10.5 Å². The van der Waals surface area contributed by atoms with E-state index in [1.54, 1.807) is 7.11 Å². The monoisotopic (exact) mass is 210 g/mol. The van der Waals surface area contributed by atoms with Crippen LogP contribution in [0.4, 0.5) is 0 Å². The Bertz CT molecular complexity index is 464. The molecule has 14 heavy (non-hydrogen) atoms. The number of benzene rings is 1. The lowest BCUT2D eigenvalue weighted by molar-refractivity contribution is 0.419. The number of rotatable bonds is 2. The highest BCUT2D eigenvalue weighted by molar-refractivity contribution is 6.31. The molecule has 4 heteroatoms. The SMILES string of the molecule is COc1cccc2[nH]c(Cl)c(CN)c12. The van der Waals surface area contributed by atoms with Crippen LogP contribution in [0.2, 0.25) is 5.15 Å². The molecule has 0 bridgehead atoms. The van der Waals surface area contributed by atoms with E-state index in [1.807, 2.05) is 18.2 Å². The molecule has 0 aliphatic heterocycles. The van der Waals surface area contributed by atoms with Crippen LogP contribution in [0, 0.1) is 0 Å². The summed E-state index contributed by atoms with van der Waals surface area (Å²) < 4.78 is 5.25. The topological polar surface area (TPSA) is 51.0 Å². The van der Waals surface area contributed by atoms with E-state index in [9.17, 15) is 0 Å². The van der Waals surface area contributed by atoms with E-state index in [0.717, 1.165) is 22.2 Å². The summed E-state index contributed by atoms with van der Waals surface area (Å²) in [5.74, 6) is 0.797. The Morgan fingerprint density at radius 2 is 2.29 bits per heavy atom. The van der Waals surface area contributed by atoms with Crippen molar-refractivity contribution >= 4 is 22.5 Å².